The second-order valence-corrected chi connectivity index (χ2v) is 5.90. The molecule has 1 aromatic heterocycles. The number of hydrogen-bond acceptors (Lipinski definition) is 4. The van der Waals surface area contributed by atoms with Crippen molar-refractivity contribution in [1.82, 2.24) is 0 Å². The lowest BCUT2D eigenvalue weighted by atomic mass is 10.1. The molecule has 0 saturated heterocycles. The second kappa shape index (κ2) is 7.24. The molecule has 0 bridgehead atoms. The van der Waals surface area contributed by atoms with Gasteiger partial charge in [0.2, 0.25) is 0 Å². The molecular formula is C15H15ClN2O2S. The number of oxime groups is 1. The molecule has 0 saturated carbocycles. The number of anilines is 1. The van der Waals surface area contributed by atoms with Crippen LogP contribution in [0.15, 0.2) is 34.8 Å². The van der Waals surface area contributed by atoms with Crippen LogP contribution in [0.3, 0.4) is 0 Å². The van der Waals surface area contributed by atoms with Crippen LogP contribution < -0.4 is 5.32 Å². The van der Waals surface area contributed by atoms with E-state index in [9.17, 15) is 4.79 Å². The van der Waals surface area contributed by atoms with E-state index in [1.807, 2.05) is 37.4 Å². The highest BCUT2D eigenvalue weighted by Crippen LogP contribution is 2.27. The van der Waals surface area contributed by atoms with Gasteiger partial charge in [0.1, 0.15) is 0 Å². The zero-order valence-electron chi connectivity index (χ0n) is 11.7. The number of aryl methyl sites for hydroxylation is 2. The molecule has 0 spiro atoms. The van der Waals surface area contributed by atoms with Crippen molar-refractivity contribution < 1.29 is 9.63 Å². The Hall–Kier alpha value is -1.85. The van der Waals surface area contributed by atoms with Crippen LogP contribution >= 0.6 is 22.9 Å². The van der Waals surface area contributed by atoms with Crippen LogP contribution in [0.5, 0.6) is 0 Å². The summed E-state index contributed by atoms with van der Waals surface area (Å²) >= 11 is 7.67. The summed E-state index contributed by atoms with van der Waals surface area (Å²) in [4.78, 5) is 17.7. The standard InChI is InChI=1S/C15H15ClN2O2S/c1-10-6-11(2)15(13(16)7-10)18-14(19)9-20-17-8-12-4-3-5-21-12/h3-8H,9H2,1-2H3,(H,18,19)/b17-8+. The minimum Gasteiger partial charge on any atom is -0.386 e. The quantitative estimate of drug-likeness (QED) is 0.668. The summed E-state index contributed by atoms with van der Waals surface area (Å²) in [7, 11) is 0. The molecule has 0 unspecified atom stereocenters. The number of hydrogen-bond donors (Lipinski definition) is 1. The van der Waals surface area contributed by atoms with Crippen LogP contribution in [0.4, 0.5) is 5.69 Å². The van der Waals surface area contributed by atoms with Crippen LogP contribution in [0, 0.1) is 13.8 Å². The fourth-order valence-corrected chi connectivity index (χ4v) is 2.74. The highest BCUT2D eigenvalue weighted by molar-refractivity contribution is 7.11. The Balaban J connectivity index is 1.88. The van der Waals surface area contributed by atoms with E-state index < -0.39 is 0 Å². The average molecular weight is 323 g/mol. The van der Waals surface area contributed by atoms with Crippen molar-refractivity contribution in [2.75, 3.05) is 11.9 Å². The Morgan fingerprint density at radius 2 is 2.29 bits per heavy atom. The molecule has 2 aromatic rings. The van der Waals surface area contributed by atoms with Gasteiger partial charge in [0.25, 0.3) is 5.91 Å². The zero-order chi connectivity index (χ0) is 15.2. The maximum Gasteiger partial charge on any atom is 0.265 e. The van der Waals surface area contributed by atoms with Gasteiger partial charge < -0.3 is 10.2 Å². The molecule has 1 amide bonds. The number of amides is 1. The molecule has 0 fully saturated rings. The molecule has 0 atom stereocenters. The number of rotatable bonds is 5. The van der Waals surface area contributed by atoms with Crippen molar-refractivity contribution in [3.05, 3.63) is 50.7 Å². The molecule has 21 heavy (non-hydrogen) atoms. The Kier molecular flexibility index (Phi) is 5.36. The SMILES string of the molecule is Cc1cc(C)c(NC(=O)CO/N=C/c2cccs2)c(Cl)c1. The Morgan fingerprint density at radius 3 is 2.95 bits per heavy atom. The van der Waals surface area contributed by atoms with E-state index in [0.717, 1.165) is 16.0 Å². The van der Waals surface area contributed by atoms with Gasteiger partial charge in [-0.1, -0.05) is 28.9 Å². The van der Waals surface area contributed by atoms with Gasteiger partial charge >= 0.3 is 0 Å². The molecule has 2 rings (SSSR count). The van der Waals surface area contributed by atoms with Crippen LogP contribution in [-0.2, 0) is 9.63 Å². The molecule has 0 aliphatic carbocycles. The van der Waals surface area contributed by atoms with E-state index in [1.165, 1.54) is 0 Å². The third kappa shape index (κ3) is 4.58. The molecular weight excluding hydrogens is 308 g/mol. The van der Waals surface area contributed by atoms with Gasteiger partial charge in [-0.25, -0.2) is 0 Å². The van der Waals surface area contributed by atoms with E-state index in [4.69, 9.17) is 16.4 Å². The number of nitrogens with zero attached hydrogens (tertiary/aromatic N) is 1. The molecule has 4 nitrogen and oxygen atoms in total. The van der Waals surface area contributed by atoms with Crippen molar-refractivity contribution in [2.45, 2.75) is 13.8 Å². The molecule has 1 heterocycles. The molecule has 1 aromatic carbocycles. The fraction of sp³-hybridized carbons (Fsp3) is 0.200. The normalized spacial score (nSPS) is 10.8. The lowest BCUT2D eigenvalue weighted by Crippen LogP contribution is -2.18. The van der Waals surface area contributed by atoms with Crippen LogP contribution in [0.2, 0.25) is 5.02 Å². The lowest BCUT2D eigenvalue weighted by molar-refractivity contribution is -0.120. The highest BCUT2D eigenvalue weighted by Gasteiger charge is 2.09. The van der Waals surface area contributed by atoms with E-state index in [2.05, 4.69) is 10.5 Å². The number of halogens is 1. The van der Waals surface area contributed by atoms with E-state index in [-0.39, 0.29) is 12.5 Å². The number of carbonyl (C=O) groups is 1. The number of thiophene rings is 1. The maximum absolute atomic E-state index is 11.8. The molecule has 0 radical (unpaired) electrons. The van der Waals surface area contributed by atoms with Gasteiger partial charge in [-0.3, -0.25) is 4.79 Å². The Bertz CT molecular complexity index is 631. The van der Waals surface area contributed by atoms with Crippen LogP contribution in [0.25, 0.3) is 0 Å². The molecule has 0 aliphatic rings. The van der Waals surface area contributed by atoms with E-state index in [0.29, 0.717) is 10.7 Å². The van der Waals surface area contributed by atoms with Gasteiger partial charge in [-0.2, -0.15) is 0 Å². The van der Waals surface area contributed by atoms with E-state index in [1.54, 1.807) is 23.6 Å². The minimum atomic E-state index is -0.299. The van der Waals surface area contributed by atoms with Gasteiger partial charge in [-0.05, 0) is 42.5 Å². The minimum absolute atomic E-state index is 0.161. The van der Waals surface area contributed by atoms with E-state index >= 15 is 0 Å². The summed E-state index contributed by atoms with van der Waals surface area (Å²) in [6.07, 6.45) is 1.57. The maximum atomic E-state index is 11.8. The second-order valence-electron chi connectivity index (χ2n) is 4.51. The van der Waals surface area contributed by atoms with Gasteiger partial charge in [-0.15, -0.1) is 11.3 Å². The van der Waals surface area contributed by atoms with Crippen LogP contribution in [-0.4, -0.2) is 18.7 Å². The molecule has 6 heteroatoms. The molecule has 1 N–H and O–H groups in total. The van der Waals surface area contributed by atoms with Crippen LogP contribution in [0.1, 0.15) is 16.0 Å². The number of carbonyl (C=O) groups excluding carboxylic acids is 1. The van der Waals surface area contributed by atoms with Gasteiger partial charge in [0.05, 0.1) is 16.9 Å². The van der Waals surface area contributed by atoms with Gasteiger partial charge in [0.15, 0.2) is 6.61 Å². The zero-order valence-corrected chi connectivity index (χ0v) is 13.3. The number of nitrogens with one attached hydrogen (secondary N) is 1. The monoisotopic (exact) mass is 322 g/mol. The third-order valence-corrected chi connectivity index (χ3v) is 3.79. The first kappa shape index (κ1) is 15.5. The summed E-state index contributed by atoms with van der Waals surface area (Å²) < 4.78 is 0. The predicted octanol–water partition coefficient (Wildman–Crippen LogP) is 4.01. The topological polar surface area (TPSA) is 50.7 Å². The first-order valence-electron chi connectivity index (χ1n) is 6.31. The predicted molar refractivity (Wildman–Crippen MR) is 87.4 cm³/mol. The molecule has 110 valence electrons. The summed E-state index contributed by atoms with van der Waals surface area (Å²) in [6.45, 7) is 3.68. The summed E-state index contributed by atoms with van der Waals surface area (Å²) in [5.74, 6) is -0.299. The first-order valence-corrected chi connectivity index (χ1v) is 7.57. The van der Waals surface area contributed by atoms with Crippen molar-refractivity contribution in [1.29, 1.82) is 0 Å². The lowest BCUT2D eigenvalue weighted by Gasteiger charge is -2.10. The van der Waals surface area contributed by atoms with Crippen molar-refractivity contribution in [3.8, 4) is 0 Å². The smallest absolute Gasteiger partial charge is 0.265 e. The Morgan fingerprint density at radius 1 is 1.48 bits per heavy atom. The summed E-state index contributed by atoms with van der Waals surface area (Å²) in [5, 5.41) is 8.94. The Labute approximate surface area is 132 Å². The summed E-state index contributed by atoms with van der Waals surface area (Å²) in [6, 6.07) is 7.59. The highest BCUT2D eigenvalue weighted by atomic mass is 35.5. The van der Waals surface area contributed by atoms with Crippen molar-refractivity contribution in [2.24, 2.45) is 5.16 Å². The summed E-state index contributed by atoms with van der Waals surface area (Å²) in [5.41, 5.74) is 2.57. The average Bonchev–Trinajstić information content (AvgIpc) is 2.92. The molecule has 0 aliphatic heterocycles. The first-order chi connectivity index (χ1) is 10.1. The number of benzene rings is 1. The largest absolute Gasteiger partial charge is 0.386 e. The third-order valence-electron chi connectivity index (χ3n) is 2.69. The van der Waals surface area contributed by atoms with Gasteiger partial charge in [0, 0.05) is 4.88 Å². The fourth-order valence-electron chi connectivity index (χ4n) is 1.80. The van der Waals surface area contributed by atoms with Crippen molar-refractivity contribution in [3.63, 3.8) is 0 Å². The van der Waals surface area contributed by atoms with Crippen molar-refractivity contribution >= 4 is 40.7 Å².